The molecule has 0 saturated carbocycles. The molecule has 0 aliphatic rings. The minimum atomic E-state index is -4.73. The summed E-state index contributed by atoms with van der Waals surface area (Å²) in [6.45, 7) is 1.76. The van der Waals surface area contributed by atoms with E-state index in [0.717, 1.165) is 23.8 Å². The summed E-state index contributed by atoms with van der Waals surface area (Å²) in [5.41, 5.74) is 0.0228. The summed E-state index contributed by atoms with van der Waals surface area (Å²) >= 11 is 0. The predicted molar refractivity (Wildman–Crippen MR) is 85.7 cm³/mol. The first-order valence-corrected chi connectivity index (χ1v) is 8.56. The molecular weight excluding hydrogens is 355 g/mol. The lowest BCUT2D eigenvalue weighted by Crippen LogP contribution is -2.14. The molecule has 8 heteroatoms. The highest BCUT2D eigenvalue weighted by molar-refractivity contribution is 7.87. The summed E-state index contributed by atoms with van der Waals surface area (Å²) in [6, 6.07) is 10.1. The van der Waals surface area contributed by atoms with Gasteiger partial charge in [0.15, 0.2) is 5.75 Å². The Bertz CT molecular complexity index is 1050. The lowest BCUT2D eigenvalue weighted by atomic mass is 10.1. The average Bonchev–Trinajstić information content (AvgIpc) is 2.54. The average molecular weight is 367 g/mol. The number of hydrogen-bond donors (Lipinski definition) is 0. The van der Waals surface area contributed by atoms with Crippen molar-refractivity contribution < 1.29 is 25.8 Å². The number of aryl methyl sites for hydroxylation is 1. The largest absolute Gasteiger partial charge is 0.420 e. The van der Waals surface area contributed by atoms with Gasteiger partial charge in [-0.2, -0.15) is 21.6 Å². The van der Waals surface area contributed by atoms with Gasteiger partial charge in [-0.05, 0) is 42.8 Å². The van der Waals surface area contributed by atoms with E-state index in [1.54, 1.807) is 13.0 Å². The molecule has 2 aromatic carbocycles. The fourth-order valence-corrected chi connectivity index (χ4v) is 3.58. The van der Waals surface area contributed by atoms with Crippen LogP contribution in [0.4, 0.5) is 13.2 Å². The first-order valence-electron chi connectivity index (χ1n) is 7.15. The Balaban J connectivity index is 2.13. The number of para-hydroxylation sites is 1. The minimum absolute atomic E-state index is 0.238. The van der Waals surface area contributed by atoms with Crippen LogP contribution >= 0.6 is 0 Å². The van der Waals surface area contributed by atoms with Gasteiger partial charge >= 0.3 is 16.3 Å². The summed E-state index contributed by atoms with van der Waals surface area (Å²) in [5.74, 6) is -0.771. The summed E-state index contributed by atoms with van der Waals surface area (Å²) in [5, 5.41) is 0.284. The van der Waals surface area contributed by atoms with Crippen LogP contribution in [0, 0.1) is 6.92 Å². The monoisotopic (exact) mass is 367 g/mol. The normalized spacial score (nSPS) is 12.3. The second-order valence-corrected chi connectivity index (χ2v) is 6.83. The molecule has 0 aliphatic heterocycles. The number of benzene rings is 2. The molecule has 4 nitrogen and oxygen atoms in total. The quantitative estimate of drug-likeness (QED) is 0.647. The fraction of sp³-hybridized carbons (Fsp3) is 0.118. The fourth-order valence-electron chi connectivity index (χ4n) is 2.44. The van der Waals surface area contributed by atoms with Crippen molar-refractivity contribution in [1.29, 1.82) is 0 Å². The van der Waals surface area contributed by atoms with Gasteiger partial charge in [0.05, 0.1) is 11.1 Å². The van der Waals surface area contributed by atoms with Crippen LogP contribution < -0.4 is 4.18 Å². The third-order valence-corrected chi connectivity index (χ3v) is 4.89. The Morgan fingerprint density at radius 2 is 1.72 bits per heavy atom. The Kier molecular flexibility index (Phi) is 4.16. The van der Waals surface area contributed by atoms with Gasteiger partial charge < -0.3 is 4.18 Å². The van der Waals surface area contributed by atoms with E-state index in [1.165, 1.54) is 30.5 Å². The predicted octanol–water partition coefficient (Wildman–Crippen LogP) is 4.33. The number of nitrogens with zero attached hydrogens (tertiary/aromatic N) is 1. The molecule has 0 fully saturated rings. The zero-order valence-corrected chi connectivity index (χ0v) is 13.7. The molecule has 0 saturated heterocycles. The zero-order chi connectivity index (χ0) is 18.2. The number of aromatic nitrogens is 1. The van der Waals surface area contributed by atoms with Crippen LogP contribution in [0.2, 0.25) is 0 Å². The van der Waals surface area contributed by atoms with Gasteiger partial charge in [0.1, 0.15) is 4.90 Å². The number of alkyl halides is 3. The van der Waals surface area contributed by atoms with Gasteiger partial charge in [0, 0.05) is 11.6 Å². The molecule has 3 rings (SSSR count). The second-order valence-electron chi connectivity index (χ2n) is 5.31. The van der Waals surface area contributed by atoms with Crippen molar-refractivity contribution in [3.8, 4) is 5.75 Å². The summed E-state index contributed by atoms with van der Waals surface area (Å²) in [4.78, 5) is 3.88. The maximum Gasteiger partial charge on any atom is 0.420 e. The maximum atomic E-state index is 13.0. The van der Waals surface area contributed by atoms with Gasteiger partial charge in [-0.1, -0.05) is 18.2 Å². The molecule has 0 radical (unpaired) electrons. The molecule has 1 aromatic heterocycles. The van der Waals surface area contributed by atoms with Gasteiger partial charge in [0.25, 0.3) is 0 Å². The highest BCUT2D eigenvalue weighted by Gasteiger charge is 2.35. The van der Waals surface area contributed by atoms with Crippen molar-refractivity contribution in [2.75, 3.05) is 0 Å². The Morgan fingerprint density at radius 1 is 1.00 bits per heavy atom. The maximum absolute atomic E-state index is 13.0. The van der Waals surface area contributed by atoms with E-state index in [4.69, 9.17) is 4.18 Å². The molecule has 3 aromatic rings. The van der Waals surface area contributed by atoms with E-state index in [-0.39, 0.29) is 10.3 Å². The van der Waals surface area contributed by atoms with E-state index >= 15 is 0 Å². The minimum Gasteiger partial charge on any atom is -0.378 e. The second kappa shape index (κ2) is 6.03. The molecule has 130 valence electrons. The lowest BCUT2D eigenvalue weighted by molar-refractivity contribution is -0.138. The molecule has 0 atom stereocenters. The standard InChI is InChI=1S/C17H12F3NO3S/c1-11-8-9-15(12-5-4-10-21-16(11)12)25(22,23)24-14-7-3-2-6-13(14)17(18,19)20/h2-10H,1H3. The van der Waals surface area contributed by atoms with Gasteiger partial charge in [-0.3, -0.25) is 4.98 Å². The number of hydrogen-bond acceptors (Lipinski definition) is 4. The van der Waals surface area contributed by atoms with Crippen LogP contribution in [0.3, 0.4) is 0 Å². The van der Waals surface area contributed by atoms with Crippen molar-refractivity contribution >= 4 is 21.0 Å². The highest BCUT2D eigenvalue weighted by Crippen LogP contribution is 2.37. The zero-order valence-electron chi connectivity index (χ0n) is 12.9. The molecule has 0 spiro atoms. The first kappa shape index (κ1) is 17.2. The van der Waals surface area contributed by atoms with Crippen LogP contribution in [-0.2, 0) is 16.3 Å². The van der Waals surface area contributed by atoms with Gasteiger partial charge in [-0.25, -0.2) is 0 Å². The van der Waals surface area contributed by atoms with Crippen molar-refractivity contribution in [2.24, 2.45) is 0 Å². The topological polar surface area (TPSA) is 56.3 Å². The van der Waals surface area contributed by atoms with Crippen molar-refractivity contribution in [3.63, 3.8) is 0 Å². The Hall–Kier alpha value is -2.61. The number of pyridine rings is 1. The third-order valence-electron chi connectivity index (χ3n) is 3.59. The van der Waals surface area contributed by atoms with Crippen LogP contribution in [0.1, 0.15) is 11.1 Å². The first-order chi connectivity index (χ1) is 11.7. The van der Waals surface area contributed by atoms with E-state index in [9.17, 15) is 21.6 Å². The number of fused-ring (bicyclic) bond motifs is 1. The molecule has 0 bridgehead atoms. The van der Waals surface area contributed by atoms with E-state index in [2.05, 4.69) is 4.98 Å². The molecule has 0 unspecified atom stereocenters. The van der Waals surface area contributed by atoms with E-state index in [0.29, 0.717) is 5.52 Å². The lowest BCUT2D eigenvalue weighted by Gasteiger charge is -2.14. The van der Waals surface area contributed by atoms with E-state index in [1.807, 2.05) is 0 Å². The number of halogens is 3. The molecule has 0 amide bonds. The molecule has 0 N–H and O–H groups in total. The van der Waals surface area contributed by atoms with Crippen molar-refractivity contribution in [3.05, 3.63) is 65.9 Å². The Labute approximate surface area is 142 Å². The smallest absolute Gasteiger partial charge is 0.378 e. The van der Waals surface area contributed by atoms with Gasteiger partial charge in [-0.15, -0.1) is 0 Å². The molecule has 0 aliphatic carbocycles. The third kappa shape index (κ3) is 3.30. The molecular formula is C17H12F3NO3S. The summed E-state index contributed by atoms with van der Waals surface area (Å²) in [6.07, 6.45) is -3.23. The van der Waals surface area contributed by atoms with Crippen LogP contribution in [0.15, 0.2) is 59.6 Å². The van der Waals surface area contributed by atoms with Crippen LogP contribution in [-0.4, -0.2) is 13.4 Å². The Morgan fingerprint density at radius 3 is 2.44 bits per heavy atom. The highest BCUT2D eigenvalue weighted by atomic mass is 32.2. The van der Waals surface area contributed by atoms with Crippen molar-refractivity contribution in [2.45, 2.75) is 18.0 Å². The molecule has 1 heterocycles. The van der Waals surface area contributed by atoms with E-state index < -0.39 is 27.6 Å². The summed E-state index contributed by atoms with van der Waals surface area (Å²) in [7, 11) is -4.48. The van der Waals surface area contributed by atoms with Crippen LogP contribution in [0.5, 0.6) is 5.75 Å². The number of rotatable bonds is 3. The molecule has 25 heavy (non-hydrogen) atoms. The summed E-state index contributed by atoms with van der Waals surface area (Å²) < 4.78 is 69.1. The van der Waals surface area contributed by atoms with Crippen LogP contribution in [0.25, 0.3) is 10.9 Å². The van der Waals surface area contributed by atoms with Gasteiger partial charge in [0.2, 0.25) is 0 Å². The van der Waals surface area contributed by atoms with Crippen molar-refractivity contribution in [1.82, 2.24) is 4.98 Å². The SMILES string of the molecule is Cc1ccc(S(=O)(=O)Oc2ccccc2C(F)(F)F)c2cccnc12.